The maximum absolute atomic E-state index is 13.8. The molecule has 1 aliphatic carbocycles. The molecule has 0 N–H and O–H groups in total. The van der Waals surface area contributed by atoms with Gasteiger partial charge in [0.2, 0.25) is 0 Å². The number of ketones is 2. The van der Waals surface area contributed by atoms with Gasteiger partial charge in [-0.1, -0.05) is 55.8 Å². The van der Waals surface area contributed by atoms with Gasteiger partial charge in [-0.3, -0.25) is 9.59 Å². The Kier molecular flexibility index (Phi) is 6.35. The van der Waals surface area contributed by atoms with Gasteiger partial charge >= 0.3 is 0 Å². The lowest BCUT2D eigenvalue weighted by molar-refractivity contribution is -0.120. The molecule has 0 radical (unpaired) electrons. The molecular weight excluding hydrogens is 407 g/mol. The van der Waals surface area contributed by atoms with Crippen molar-refractivity contribution in [2.45, 2.75) is 39.0 Å². The quantitative estimate of drug-likeness (QED) is 0.406. The van der Waals surface area contributed by atoms with Crippen LogP contribution in [-0.2, 0) is 16.6 Å². The molecular formula is C24H24ClFO2S. The number of benzene rings is 2. The molecule has 2 aromatic carbocycles. The van der Waals surface area contributed by atoms with Gasteiger partial charge in [-0.25, -0.2) is 4.39 Å². The van der Waals surface area contributed by atoms with Crippen molar-refractivity contribution in [2.24, 2.45) is 5.92 Å². The van der Waals surface area contributed by atoms with Gasteiger partial charge in [0.25, 0.3) is 0 Å². The number of carbonyl (C=O) groups is 2. The van der Waals surface area contributed by atoms with Crippen molar-refractivity contribution in [3.05, 3.63) is 80.5 Å². The largest absolute Gasteiger partial charge is 0.293 e. The summed E-state index contributed by atoms with van der Waals surface area (Å²) in [5, 5.41) is 0.0268. The topological polar surface area (TPSA) is 34.1 Å². The second kappa shape index (κ2) is 8.45. The Hall–Kier alpha value is -1.91. The highest BCUT2D eigenvalue weighted by molar-refractivity contribution is 8.02. The minimum Gasteiger partial charge on any atom is -0.293 e. The Labute approximate surface area is 180 Å². The fraction of sp³-hybridized carbons (Fsp3) is 0.333. The van der Waals surface area contributed by atoms with E-state index in [0.717, 1.165) is 16.9 Å². The summed E-state index contributed by atoms with van der Waals surface area (Å²) in [7, 11) is 0. The summed E-state index contributed by atoms with van der Waals surface area (Å²) >= 11 is 7.44. The summed E-state index contributed by atoms with van der Waals surface area (Å²) in [5.74, 6) is -0.757. The molecule has 0 amide bonds. The van der Waals surface area contributed by atoms with E-state index in [1.807, 2.05) is 45.2 Å². The lowest BCUT2D eigenvalue weighted by Crippen LogP contribution is -2.44. The third-order valence-corrected chi connectivity index (χ3v) is 7.13. The highest BCUT2D eigenvalue weighted by atomic mass is 35.5. The summed E-state index contributed by atoms with van der Waals surface area (Å²) in [6.45, 7) is 5.95. The second-order valence-electron chi connectivity index (χ2n) is 7.71. The van der Waals surface area contributed by atoms with E-state index in [1.165, 1.54) is 17.8 Å². The fourth-order valence-corrected chi connectivity index (χ4v) is 5.15. The van der Waals surface area contributed by atoms with E-state index in [1.54, 1.807) is 18.2 Å². The molecule has 0 spiro atoms. The molecule has 2 unspecified atom stereocenters. The number of fused-ring (bicyclic) bond motifs is 1. The maximum Gasteiger partial charge on any atom is 0.197 e. The van der Waals surface area contributed by atoms with Crippen molar-refractivity contribution >= 4 is 34.9 Å². The Balaban J connectivity index is 2.23. The Morgan fingerprint density at radius 2 is 1.90 bits per heavy atom. The molecule has 2 atom stereocenters. The van der Waals surface area contributed by atoms with Gasteiger partial charge in [-0.2, -0.15) is 0 Å². The predicted molar refractivity (Wildman–Crippen MR) is 118 cm³/mol. The van der Waals surface area contributed by atoms with E-state index in [-0.39, 0.29) is 22.5 Å². The normalized spacial score (nSPS) is 21.7. The van der Waals surface area contributed by atoms with Crippen LogP contribution in [0.5, 0.6) is 0 Å². The summed E-state index contributed by atoms with van der Waals surface area (Å²) in [4.78, 5) is 28.0. The molecule has 0 bridgehead atoms. The van der Waals surface area contributed by atoms with Crippen molar-refractivity contribution < 1.29 is 14.0 Å². The van der Waals surface area contributed by atoms with Crippen molar-refractivity contribution in [1.82, 2.24) is 0 Å². The van der Waals surface area contributed by atoms with Gasteiger partial charge in [0.15, 0.2) is 11.6 Å². The number of Topliss-reactive ketones (excluding diaryl/α,β-unsaturated/α-hetero) is 2. The smallest absolute Gasteiger partial charge is 0.197 e. The van der Waals surface area contributed by atoms with Gasteiger partial charge in [-0.05, 0) is 55.2 Å². The van der Waals surface area contributed by atoms with E-state index >= 15 is 0 Å². The SMILES string of the molecule is CCC(C)/C(SC)=C1\C(=O)c2ccccc2C(C)(Cc2ccc(F)c(Cl)c2)C1=O. The monoisotopic (exact) mass is 430 g/mol. The first-order valence-corrected chi connectivity index (χ1v) is 11.3. The molecule has 0 fully saturated rings. The number of rotatable bonds is 5. The van der Waals surface area contributed by atoms with Crippen LogP contribution in [0.2, 0.25) is 5.02 Å². The lowest BCUT2D eigenvalue weighted by atomic mass is 9.65. The molecule has 0 aliphatic heterocycles. The third-order valence-electron chi connectivity index (χ3n) is 5.79. The van der Waals surface area contributed by atoms with Crippen LogP contribution in [0.3, 0.4) is 0 Å². The van der Waals surface area contributed by atoms with E-state index in [9.17, 15) is 14.0 Å². The number of hydrogen-bond acceptors (Lipinski definition) is 3. The molecule has 0 saturated heterocycles. The van der Waals surface area contributed by atoms with Crippen LogP contribution in [0, 0.1) is 11.7 Å². The van der Waals surface area contributed by atoms with Crippen molar-refractivity contribution in [3.63, 3.8) is 0 Å². The third kappa shape index (κ3) is 3.80. The zero-order chi connectivity index (χ0) is 21.3. The number of hydrogen-bond donors (Lipinski definition) is 0. The molecule has 5 heteroatoms. The molecule has 29 heavy (non-hydrogen) atoms. The van der Waals surface area contributed by atoms with Crippen molar-refractivity contribution in [3.8, 4) is 0 Å². The van der Waals surface area contributed by atoms with Crippen LogP contribution >= 0.6 is 23.4 Å². The average molecular weight is 431 g/mol. The summed E-state index contributed by atoms with van der Waals surface area (Å²) in [6, 6.07) is 11.8. The van der Waals surface area contributed by atoms with Crippen molar-refractivity contribution in [2.75, 3.05) is 6.26 Å². The Morgan fingerprint density at radius 1 is 1.21 bits per heavy atom. The number of halogens is 2. The van der Waals surface area contributed by atoms with Gasteiger partial charge in [0.1, 0.15) is 5.82 Å². The van der Waals surface area contributed by atoms with E-state index < -0.39 is 11.2 Å². The zero-order valence-electron chi connectivity index (χ0n) is 17.0. The van der Waals surface area contributed by atoms with Crippen LogP contribution in [-0.4, -0.2) is 17.8 Å². The average Bonchev–Trinajstić information content (AvgIpc) is 2.72. The van der Waals surface area contributed by atoms with E-state index in [4.69, 9.17) is 11.6 Å². The molecule has 3 rings (SSSR count). The summed E-state index contributed by atoms with van der Waals surface area (Å²) < 4.78 is 13.6. The molecule has 2 nitrogen and oxygen atoms in total. The van der Waals surface area contributed by atoms with Crippen LogP contribution in [0.15, 0.2) is 52.9 Å². The van der Waals surface area contributed by atoms with Gasteiger partial charge in [0, 0.05) is 10.5 Å². The molecule has 1 aliphatic rings. The van der Waals surface area contributed by atoms with Crippen LogP contribution in [0.4, 0.5) is 4.39 Å². The summed E-state index contributed by atoms with van der Waals surface area (Å²) in [5.41, 5.74) is 1.39. The van der Waals surface area contributed by atoms with Crippen LogP contribution in [0.25, 0.3) is 0 Å². The summed E-state index contributed by atoms with van der Waals surface area (Å²) in [6.07, 6.45) is 3.08. The fourth-order valence-electron chi connectivity index (χ4n) is 3.99. The molecule has 0 aromatic heterocycles. The number of carbonyl (C=O) groups excluding carboxylic acids is 2. The zero-order valence-corrected chi connectivity index (χ0v) is 18.6. The van der Waals surface area contributed by atoms with Crippen LogP contribution < -0.4 is 0 Å². The highest BCUT2D eigenvalue weighted by Crippen LogP contribution is 2.43. The first-order valence-electron chi connectivity index (χ1n) is 9.65. The first-order chi connectivity index (χ1) is 13.7. The van der Waals surface area contributed by atoms with Gasteiger partial charge < -0.3 is 0 Å². The van der Waals surface area contributed by atoms with Crippen molar-refractivity contribution in [1.29, 1.82) is 0 Å². The second-order valence-corrected chi connectivity index (χ2v) is 8.97. The highest BCUT2D eigenvalue weighted by Gasteiger charge is 2.47. The predicted octanol–water partition coefficient (Wildman–Crippen LogP) is 6.41. The van der Waals surface area contributed by atoms with Gasteiger partial charge in [-0.15, -0.1) is 11.8 Å². The maximum atomic E-state index is 13.8. The minimum absolute atomic E-state index is 0.0268. The molecule has 2 aromatic rings. The molecule has 0 heterocycles. The molecule has 0 saturated carbocycles. The van der Waals surface area contributed by atoms with Crippen LogP contribution in [0.1, 0.15) is 48.7 Å². The first kappa shape index (κ1) is 21.8. The van der Waals surface area contributed by atoms with Gasteiger partial charge in [0.05, 0.1) is 16.0 Å². The standard InChI is InChI=1S/C24H24ClFO2S/c1-5-14(2)22(29-4)20-21(27)16-8-6-7-9-17(16)24(3,23(20)28)13-15-10-11-19(26)18(25)12-15/h6-12,14H,5,13H2,1-4H3/b22-20-. The Morgan fingerprint density at radius 3 is 2.52 bits per heavy atom. The minimum atomic E-state index is -0.935. The number of thioether (sulfide) groups is 1. The molecule has 152 valence electrons. The lowest BCUT2D eigenvalue weighted by Gasteiger charge is -2.36. The van der Waals surface area contributed by atoms with E-state index in [0.29, 0.717) is 23.1 Å². The van der Waals surface area contributed by atoms with E-state index in [2.05, 4.69) is 0 Å². The number of allylic oxidation sites excluding steroid dienone is 2. The Bertz CT molecular complexity index is 1010.